The van der Waals surface area contributed by atoms with E-state index in [2.05, 4.69) is 0 Å². The van der Waals surface area contributed by atoms with Crippen LogP contribution in [0.5, 0.6) is 5.75 Å². The highest BCUT2D eigenvalue weighted by Crippen LogP contribution is 2.33. The van der Waals surface area contributed by atoms with E-state index >= 15 is 0 Å². The highest BCUT2D eigenvalue weighted by atomic mass is 32.2. The maximum atomic E-state index is 11.3. The van der Waals surface area contributed by atoms with E-state index in [4.69, 9.17) is 4.74 Å². The van der Waals surface area contributed by atoms with Crippen molar-refractivity contribution in [2.24, 2.45) is 0 Å². The van der Waals surface area contributed by atoms with Crippen LogP contribution in [0, 0.1) is 0 Å². The van der Waals surface area contributed by atoms with Gasteiger partial charge in [0.25, 0.3) is 0 Å². The molecule has 1 aromatic rings. The second-order valence-electron chi connectivity index (χ2n) is 4.50. The predicted molar refractivity (Wildman–Crippen MR) is 69.5 cm³/mol. The summed E-state index contributed by atoms with van der Waals surface area (Å²) < 4.78 is 28.1. The molecule has 5 heteroatoms. The van der Waals surface area contributed by atoms with Crippen molar-refractivity contribution in [3.63, 3.8) is 0 Å². The molecule has 4 nitrogen and oxygen atoms in total. The Morgan fingerprint density at radius 3 is 2.94 bits per heavy atom. The minimum Gasteiger partial charge on any atom is -0.493 e. The highest BCUT2D eigenvalue weighted by Gasteiger charge is 2.20. The Bertz CT molecular complexity index is 522. The zero-order chi connectivity index (χ0) is 13.2. The quantitative estimate of drug-likeness (QED) is 0.880. The number of fused-ring (bicyclic) bond motifs is 1. The molecule has 0 aliphatic heterocycles. The van der Waals surface area contributed by atoms with Crippen LogP contribution in [0.3, 0.4) is 0 Å². The molecule has 1 atom stereocenters. The molecule has 18 heavy (non-hydrogen) atoms. The van der Waals surface area contributed by atoms with Gasteiger partial charge in [-0.3, -0.25) is 0 Å². The van der Waals surface area contributed by atoms with Crippen LogP contribution in [0.15, 0.2) is 18.2 Å². The lowest BCUT2D eigenvalue weighted by Crippen LogP contribution is -2.15. The topological polar surface area (TPSA) is 63.6 Å². The van der Waals surface area contributed by atoms with Crippen molar-refractivity contribution < 1.29 is 18.3 Å². The summed E-state index contributed by atoms with van der Waals surface area (Å²) in [4.78, 5) is 0. The fourth-order valence-corrected chi connectivity index (χ4v) is 2.72. The summed E-state index contributed by atoms with van der Waals surface area (Å²) in [7, 11) is -2.97. The molecule has 0 fully saturated rings. The van der Waals surface area contributed by atoms with Gasteiger partial charge in [0.2, 0.25) is 0 Å². The van der Waals surface area contributed by atoms with Gasteiger partial charge in [-0.05, 0) is 36.1 Å². The van der Waals surface area contributed by atoms with Gasteiger partial charge in [0.1, 0.15) is 12.4 Å². The van der Waals surface area contributed by atoms with Crippen molar-refractivity contribution >= 4 is 9.84 Å². The lowest BCUT2D eigenvalue weighted by atomic mass is 10.1. The highest BCUT2D eigenvalue weighted by molar-refractivity contribution is 7.91. The van der Waals surface area contributed by atoms with Gasteiger partial charge in [-0.1, -0.05) is 13.0 Å². The third-order valence-corrected chi connectivity index (χ3v) is 4.93. The SMILES string of the molecule is CCS(=O)(=O)CCOc1ccc2c(c1)CC[C@H]2O. The lowest BCUT2D eigenvalue weighted by Gasteiger charge is -2.09. The van der Waals surface area contributed by atoms with E-state index in [9.17, 15) is 13.5 Å². The number of hydrogen-bond acceptors (Lipinski definition) is 4. The summed E-state index contributed by atoms with van der Waals surface area (Å²) in [5.74, 6) is 0.866. The third kappa shape index (κ3) is 3.03. The van der Waals surface area contributed by atoms with Crippen molar-refractivity contribution in [3.8, 4) is 5.75 Å². The smallest absolute Gasteiger partial charge is 0.153 e. The number of aryl methyl sites for hydroxylation is 1. The van der Waals surface area contributed by atoms with E-state index in [1.54, 1.807) is 13.0 Å². The summed E-state index contributed by atoms with van der Waals surface area (Å²) in [6, 6.07) is 5.53. The molecule has 0 aromatic heterocycles. The normalized spacial score (nSPS) is 18.7. The monoisotopic (exact) mass is 270 g/mol. The summed E-state index contributed by atoms with van der Waals surface area (Å²) in [5.41, 5.74) is 2.06. The zero-order valence-corrected chi connectivity index (χ0v) is 11.2. The molecule has 0 bridgehead atoms. The molecule has 2 rings (SSSR count). The molecular formula is C13H18O4S. The first kappa shape index (κ1) is 13.4. The number of hydrogen-bond donors (Lipinski definition) is 1. The molecule has 0 saturated heterocycles. The molecule has 0 radical (unpaired) electrons. The fourth-order valence-electron chi connectivity index (χ4n) is 2.09. The van der Waals surface area contributed by atoms with Crippen molar-refractivity contribution in [1.29, 1.82) is 0 Å². The van der Waals surface area contributed by atoms with Gasteiger partial charge >= 0.3 is 0 Å². The van der Waals surface area contributed by atoms with Gasteiger partial charge in [-0.15, -0.1) is 0 Å². The van der Waals surface area contributed by atoms with Gasteiger partial charge in [-0.25, -0.2) is 8.42 Å². The summed E-state index contributed by atoms with van der Waals surface area (Å²) in [6.07, 6.45) is 1.23. The minimum absolute atomic E-state index is 0.0449. The lowest BCUT2D eigenvalue weighted by molar-refractivity contribution is 0.180. The first-order chi connectivity index (χ1) is 8.52. The second-order valence-corrected chi connectivity index (χ2v) is 6.97. The van der Waals surface area contributed by atoms with Gasteiger partial charge in [0.05, 0.1) is 11.9 Å². The summed E-state index contributed by atoms with van der Waals surface area (Å²) in [6.45, 7) is 1.81. The van der Waals surface area contributed by atoms with Gasteiger partial charge in [0, 0.05) is 5.75 Å². The molecule has 0 unspecified atom stereocenters. The van der Waals surface area contributed by atoms with Gasteiger partial charge < -0.3 is 9.84 Å². The Labute approximate surface area is 108 Å². The average molecular weight is 270 g/mol. The second kappa shape index (κ2) is 5.28. The molecule has 0 amide bonds. The largest absolute Gasteiger partial charge is 0.493 e. The van der Waals surface area contributed by atoms with Crippen LogP contribution in [-0.4, -0.2) is 31.6 Å². The number of aliphatic hydroxyl groups excluding tert-OH is 1. The van der Waals surface area contributed by atoms with Crippen LogP contribution >= 0.6 is 0 Å². The number of ether oxygens (including phenoxy) is 1. The maximum absolute atomic E-state index is 11.3. The number of aliphatic hydroxyl groups is 1. The van der Waals surface area contributed by atoms with E-state index in [1.165, 1.54) is 0 Å². The molecular weight excluding hydrogens is 252 g/mol. The van der Waals surface area contributed by atoms with Crippen LogP contribution in [-0.2, 0) is 16.3 Å². The van der Waals surface area contributed by atoms with Crippen LogP contribution in [0.1, 0.15) is 30.6 Å². The Balaban J connectivity index is 1.96. The van der Waals surface area contributed by atoms with Crippen LogP contribution in [0.2, 0.25) is 0 Å². The van der Waals surface area contributed by atoms with E-state index < -0.39 is 9.84 Å². The van der Waals surface area contributed by atoms with E-state index in [0.717, 1.165) is 24.0 Å². The van der Waals surface area contributed by atoms with Crippen molar-refractivity contribution in [3.05, 3.63) is 29.3 Å². The molecule has 0 spiro atoms. The maximum Gasteiger partial charge on any atom is 0.153 e. The standard InChI is InChI=1S/C13H18O4S/c1-2-18(15,16)8-7-17-11-4-5-12-10(9-11)3-6-13(12)14/h4-5,9,13-14H,2-3,6-8H2,1H3/t13-/m1/s1. The first-order valence-corrected chi connectivity index (χ1v) is 7.98. The molecule has 1 aliphatic carbocycles. The zero-order valence-electron chi connectivity index (χ0n) is 10.4. The molecule has 1 aliphatic rings. The average Bonchev–Trinajstić information content (AvgIpc) is 2.71. The Hall–Kier alpha value is -1.07. The Morgan fingerprint density at radius 1 is 1.44 bits per heavy atom. The fraction of sp³-hybridized carbons (Fsp3) is 0.538. The molecule has 1 N–H and O–H groups in total. The number of sulfone groups is 1. The van der Waals surface area contributed by atoms with Gasteiger partial charge in [0.15, 0.2) is 9.84 Å². The van der Waals surface area contributed by atoms with Crippen LogP contribution in [0.25, 0.3) is 0 Å². The Morgan fingerprint density at radius 2 is 2.22 bits per heavy atom. The van der Waals surface area contributed by atoms with Crippen LogP contribution < -0.4 is 4.74 Å². The van der Waals surface area contributed by atoms with Crippen molar-refractivity contribution in [1.82, 2.24) is 0 Å². The van der Waals surface area contributed by atoms with Gasteiger partial charge in [-0.2, -0.15) is 0 Å². The van der Waals surface area contributed by atoms with Crippen molar-refractivity contribution in [2.45, 2.75) is 25.9 Å². The first-order valence-electron chi connectivity index (χ1n) is 6.16. The predicted octanol–water partition coefficient (Wildman–Crippen LogP) is 1.48. The van der Waals surface area contributed by atoms with Crippen LogP contribution in [0.4, 0.5) is 0 Å². The minimum atomic E-state index is -2.97. The number of benzene rings is 1. The molecule has 100 valence electrons. The van der Waals surface area contributed by atoms with E-state index in [0.29, 0.717) is 5.75 Å². The molecule has 0 heterocycles. The molecule has 0 saturated carbocycles. The third-order valence-electron chi connectivity index (χ3n) is 3.26. The van der Waals surface area contributed by atoms with Crippen molar-refractivity contribution in [2.75, 3.05) is 18.1 Å². The molecule has 1 aromatic carbocycles. The summed E-state index contributed by atoms with van der Waals surface area (Å²) >= 11 is 0. The van der Waals surface area contributed by atoms with E-state index in [-0.39, 0.29) is 24.2 Å². The summed E-state index contributed by atoms with van der Waals surface area (Å²) in [5, 5.41) is 9.67. The number of rotatable bonds is 5. The van der Waals surface area contributed by atoms with E-state index in [1.807, 2.05) is 12.1 Å². The Kier molecular flexibility index (Phi) is 3.92.